The third-order valence-electron chi connectivity index (χ3n) is 4.59. The molecule has 0 aliphatic carbocycles. The Morgan fingerprint density at radius 2 is 2.04 bits per heavy atom. The summed E-state index contributed by atoms with van der Waals surface area (Å²) in [4.78, 5) is 20.3. The first-order valence-electron chi connectivity index (χ1n) is 8.78. The number of benzene rings is 1. The molecular formula is C20H20BrN3OS. The quantitative estimate of drug-likeness (QED) is 0.641. The van der Waals surface area contributed by atoms with Crippen LogP contribution in [0.2, 0.25) is 0 Å². The van der Waals surface area contributed by atoms with E-state index in [1.165, 1.54) is 24.2 Å². The van der Waals surface area contributed by atoms with E-state index in [0.29, 0.717) is 6.54 Å². The summed E-state index contributed by atoms with van der Waals surface area (Å²) in [6, 6.07) is 12.2. The number of aryl methyl sites for hydroxylation is 1. The molecule has 1 amide bonds. The molecule has 0 spiro atoms. The van der Waals surface area contributed by atoms with Gasteiger partial charge in [0.2, 0.25) is 0 Å². The van der Waals surface area contributed by atoms with Gasteiger partial charge in [0, 0.05) is 34.5 Å². The number of anilines is 1. The van der Waals surface area contributed by atoms with Crippen molar-refractivity contribution in [3.63, 3.8) is 0 Å². The van der Waals surface area contributed by atoms with Gasteiger partial charge in [-0.2, -0.15) is 0 Å². The molecule has 3 heterocycles. The maximum Gasteiger partial charge on any atom is 0.261 e. The summed E-state index contributed by atoms with van der Waals surface area (Å²) >= 11 is 5.00. The molecule has 1 N–H and O–H groups in total. The highest BCUT2D eigenvalue weighted by molar-refractivity contribution is 9.10. The van der Waals surface area contributed by atoms with Crippen molar-refractivity contribution >= 4 is 49.1 Å². The Labute approximate surface area is 165 Å². The van der Waals surface area contributed by atoms with E-state index in [4.69, 9.17) is 0 Å². The molecule has 0 unspecified atom stereocenters. The van der Waals surface area contributed by atoms with Crippen molar-refractivity contribution in [2.45, 2.75) is 26.3 Å². The van der Waals surface area contributed by atoms with Crippen molar-refractivity contribution in [3.05, 3.63) is 57.0 Å². The summed E-state index contributed by atoms with van der Waals surface area (Å²) in [6.07, 6.45) is 2.45. The molecule has 0 radical (unpaired) electrons. The molecule has 1 aromatic carbocycles. The number of rotatable bonds is 4. The number of carbonyl (C=O) groups is 1. The molecule has 3 aromatic rings. The molecule has 26 heavy (non-hydrogen) atoms. The molecule has 6 heteroatoms. The number of aromatic nitrogens is 1. The number of halogens is 1. The van der Waals surface area contributed by atoms with Gasteiger partial charge in [-0.15, -0.1) is 11.3 Å². The second-order valence-corrected chi connectivity index (χ2v) is 8.64. The molecule has 0 atom stereocenters. The maximum atomic E-state index is 12.6. The largest absolute Gasteiger partial charge is 0.357 e. The highest BCUT2D eigenvalue weighted by Crippen LogP contribution is 2.28. The zero-order chi connectivity index (χ0) is 18.1. The van der Waals surface area contributed by atoms with Gasteiger partial charge in [-0.25, -0.2) is 4.98 Å². The number of thiophene rings is 1. The summed E-state index contributed by atoms with van der Waals surface area (Å²) in [6.45, 7) is 4.66. The minimum absolute atomic E-state index is 0.0282. The zero-order valence-electron chi connectivity index (χ0n) is 14.6. The van der Waals surface area contributed by atoms with E-state index in [1.807, 2.05) is 37.3 Å². The predicted molar refractivity (Wildman–Crippen MR) is 111 cm³/mol. The molecule has 1 saturated heterocycles. The van der Waals surface area contributed by atoms with E-state index >= 15 is 0 Å². The fraction of sp³-hybridized carbons (Fsp3) is 0.300. The predicted octanol–water partition coefficient (Wildman–Crippen LogP) is 4.90. The van der Waals surface area contributed by atoms with E-state index in [0.717, 1.165) is 49.6 Å². The first-order valence-corrected chi connectivity index (χ1v) is 10.4. The van der Waals surface area contributed by atoms with E-state index in [-0.39, 0.29) is 5.91 Å². The maximum absolute atomic E-state index is 12.6. The standard InChI is InChI=1S/C20H20BrN3OS/c1-13-8-14(9-19(23-13)24-6-2-3-7-24)12-22-20(25)18-10-15-4-5-16(21)11-17(15)26-18/h4-5,8-11H,2-3,6-7,12H2,1H3,(H,22,25). The average molecular weight is 430 g/mol. The summed E-state index contributed by atoms with van der Waals surface area (Å²) in [5, 5.41) is 4.15. The Morgan fingerprint density at radius 3 is 2.85 bits per heavy atom. The highest BCUT2D eigenvalue weighted by Gasteiger charge is 2.15. The summed E-state index contributed by atoms with van der Waals surface area (Å²) in [5.74, 6) is 0.998. The van der Waals surface area contributed by atoms with Gasteiger partial charge in [0.1, 0.15) is 5.82 Å². The van der Waals surface area contributed by atoms with Crippen LogP contribution in [0.25, 0.3) is 10.1 Å². The Morgan fingerprint density at radius 1 is 1.23 bits per heavy atom. The van der Waals surface area contributed by atoms with Gasteiger partial charge in [-0.3, -0.25) is 4.79 Å². The van der Waals surface area contributed by atoms with Crippen molar-refractivity contribution < 1.29 is 4.79 Å². The zero-order valence-corrected chi connectivity index (χ0v) is 17.0. The van der Waals surface area contributed by atoms with Crippen LogP contribution < -0.4 is 10.2 Å². The fourth-order valence-corrected chi connectivity index (χ4v) is 4.85. The van der Waals surface area contributed by atoms with Crippen LogP contribution in [0.5, 0.6) is 0 Å². The van der Waals surface area contributed by atoms with Gasteiger partial charge >= 0.3 is 0 Å². The Kier molecular flexibility index (Phi) is 4.96. The first-order chi connectivity index (χ1) is 12.6. The lowest BCUT2D eigenvalue weighted by atomic mass is 10.2. The number of nitrogens with zero attached hydrogens (tertiary/aromatic N) is 2. The van der Waals surface area contributed by atoms with Crippen LogP contribution in [0.4, 0.5) is 5.82 Å². The summed E-state index contributed by atoms with van der Waals surface area (Å²) in [7, 11) is 0. The monoisotopic (exact) mass is 429 g/mol. The number of carbonyl (C=O) groups excluding carboxylic acids is 1. The number of amides is 1. The van der Waals surface area contributed by atoms with Crippen molar-refractivity contribution in [1.29, 1.82) is 0 Å². The Balaban J connectivity index is 1.48. The van der Waals surface area contributed by atoms with E-state index in [2.05, 4.69) is 37.2 Å². The average Bonchev–Trinajstić information content (AvgIpc) is 3.28. The lowest BCUT2D eigenvalue weighted by molar-refractivity contribution is 0.0955. The number of fused-ring (bicyclic) bond motifs is 1. The summed E-state index contributed by atoms with van der Waals surface area (Å²) in [5.41, 5.74) is 2.09. The van der Waals surface area contributed by atoms with E-state index < -0.39 is 0 Å². The van der Waals surface area contributed by atoms with Gasteiger partial charge in [0.25, 0.3) is 5.91 Å². The number of pyridine rings is 1. The van der Waals surface area contributed by atoms with Crippen molar-refractivity contribution in [2.24, 2.45) is 0 Å². The van der Waals surface area contributed by atoms with Crippen LogP contribution in [0.1, 0.15) is 33.8 Å². The molecule has 0 bridgehead atoms. The van der Waals surface area contributed by atoms with Crippen LogP contribution in [0, 0.1) is 6.92 Å². The van der Waals surface area contributed by atoms with Crippen LogP contribution in [0.3, 0.4) is 0 Å². The second kappa shape index (κ2) is 7.37. The van der Waals surface area contributed by atoms with E-state index in [1.54, 1.807) is 0 Å². The topological polar surface area (TPSA) is 45.2 Å². The van der Waals surface area contributed by atoms with Gasteiger partial charge < -0.3 is 10.2 Å². The summed E-state index contributed by atoms with van der Waals surface area (Å²) < 4.78 is 2.14. The molecule has 4 rings (SSSR count). The van der Waals surface area contributed by atoms with Gasteiger partial charge in [-0.05, 0) is 61.0 Å². The molecule has 1 fully saturated rings. The third-order valence-corrected chi connectivity index (χ3v) is 6.18. The van der Waals surface area contributed by atoms with Gasteiger partial charge in [-0.1, -0.05) is 22.0 Å². The molecule has 2 aromatic heterocycles. The van der Waals surface area contributed by atoms with Crippen molar-refractivity contribution in [3.8, 4) is 0 Å². The minimum Gasteiger partial charge on any atom is -0.357 e. The van der Waals surface area contributed by atoms with Crippen LogP contribution >= 0.6 is 27.3 Å². The Hall–Kier alpha value is -1.92. The molecular weight excluding hydrogens is 410 g/mol. The highest BCUT2D eigenvalue weighted by atomic mass is 79.9. The lowest BCUT2D eigenvalue weighted by Gasteiger charge is -2.18. The molecule has 134 valence electrons. The lowest BCUT2D eigenvalue weighted by Crippen LogP contribution is -2.23. The minimum atomic E-state index is -0.0282. The van der Waals surface area contributed by atoms with Crippen LogP contribution in [-0.4, -0.2) is 24.0 Å². The van der Waals surface area contributed by atoms with E-state index in [9.17, 15) is 4.79 Å². The SMILES string of the molecule is Cc1cc(CNC(=O)c2cc3ccc(Br)cc3s2)cc(N2CCCC2)n1. The number of hydrogen-bond donors (Lipinski definition) is 1. The normalized spacial score (nSPS) is 14.2. The number of nitrogens with one attached hydrogen (secondary N) is 1. The third kappa shape index (κ3) is 3.76. The fourth-order valence-electron chi connectivity index (χ4n) is 3.32. The van der Waals surface area contributed by atoms with Gasteiger partial charge in [0.05, 0.1) is 4.88 Å². The second-order valence-electron chi connectivity index (χ2n) is 6.64. The number of hydrogen-bond acceptors (Lipinski definition) is 4. The Bertz CT molecular complexity index is 963. The first kappa shape index (κ1) is 17.5. The van der Waals surface area contributed by atoms with Crippen molar-refractivity contribution in [1.82, 2.24) is 10.3 Å². The molecule has 0 saturated carbocycles. The van der Waals surface area contributed by atoms with Crippen LogP contribution in [-0.2, 0) is 6.54 Å². The molecule has 1 aliphatic rings. The van der Waals surface area contributed by atoms with Crippen molar-refractivity contribution in [2.75, 3.05) is 18.0 Å². The van der Waals surface area contributed by atoms with Crippen LogP contribution in [0.15, 0.2) is 40.9 Å². The molecule has 1 aliphatic heterocycles. The van der Waals surface area contributed by atoms with Gasteiger partial charge in [0.15, 0.2) is 0 Å². The smallest absolute Gasteiger partial charge is 0.261 e. The molecule has 4 nitrogen and oxygen atoms in total.